The zero-order valence-corrected chi connectivity index (χ0v) is 16.7. The lowest BCUT2D eigenvalue weighted by Gasteiger charge is -2.20. The molecule has 0 saturated heterocycles. The van der Waals surface area contributed by atoms with Gasteiger partial charge in [0.2, 0.25) is 11.7 Å². The Labute approximate surface area is 175 Å². The van der Waals surface area contributed by atoms with Crippen molar-refractivity contribution in [2.24, 2.45) is 0 Å². The van der Waals surface area contributed by atoms with Gasteiger partial charge in [-0.3, -0.25) is 4.79 Å². The third kappa shape index (κ3) is 4.30. The molecular weight excluding hydrogens is 409 g/mol. The minimum Gasteiger partial charge on any atom is -0.361 e. The van der Waals surface area contributed by atoms with Crippen LogP contribution in [0.15, 0.2) is 53.1 Å². The molecule has 1 atom stereocenters. The lowest BCUT2D eigenvalue weighted by Crippen LogP contribution is -2.30. The molecule has 160 valence electrons. The van der Waals surface area contributed by atoms with Crippen LogP contribution in [0.2, 0.25) is 0 Å². The lowest BCUT2D eigenvalue weighted by molar-refractivity contribution is -0.144. The molecule has 0 fully saturated rings. The van der Waals surface area contributed by atoms with E-state index in [1.165, 1.54) is 6.07 Å². The van der Waals surface area contributed by atoms with Crippen LogP contribution in [0.5, 0.6) is 0 Å². The molecule has 9 heteroatoms. The Hall–Kier alpha value is -3.62. The van der Waals surface area contributed by atoms with Crippen molar-refractivity contribution in [3.63, 3.8) is 0 Å². The monoisotopic (exact) mass is 428 g/mol. The number of fused-ring (bicyclic) bond motifs is 1. The number of nitrogens with one attached hydrogen (secondary N) is 2. The Morgan fingerprint density at radius 2 is 1.87 bits per heavy atom. The van der Waals surface area contributed by atoms with Gasteiger partial charge in [-0.25, -0.2) is 4.98 Å². The van der Waals surface area contributed by atoms with Gasteiger partial charge in [-0.2, -0.15) is 13.2 Å². The van der Waals surface area contributed by atoms with Crippen LogP contribution in [0, 0.1) is 13.8 Å². The maximum absolute atomic E-state index is 13.0. The molecule has 31 heavy (non-hydrogen) atoms. The maximum Gasteiger partial charge on any atom is 0.449 e. The fourth-order valence-electron chi connectivity index (χ4n) is 3.47. The van der Waals surface area contributed by atoms with Gasteiger partial charge >= 0.3 is 6.18 Å². The van der Waals surface area contributed by atoms with Gasteiger partial charge in [0.1, 0.15) is 5.76 Å². The maximum atomic E-state index is 13.0. The first-order chi connectivity index (χ1) is 14.7. The van der Waals surface area contributed by atoms with E-state index < -0.39 is 18.0 Å². The summed E-state index contributed by atoms with van der Waals surface area (Å²) in [5.74, 6) is -0.746. The second-order valence-corrected chi connectivity index (χ2v) is 7.25. The van der Waals surface area contributed by atoms with Crippen LogP contribution < -0.4 is 5.32 Å². The van der Waals surface area contributed by atoms with Crippen LogP contribution in [0.3, 0.4) is 0 Å². The number of aromatic amines is 1. The van der Waals surface area contributed by atoms with Gasteiger partial charge in [0.25, 0.3) is 0 Å². The van der Waals surface area contributed by atoms with E-state index in [0.29, 0.717) is 22.6 Å². The topological polar surface area (TPSA) is 83.8 Å². The molecule has 2 aromatic carbocycles. The van der Waals surface area contributed by atoms with Crippen LogP contribution in [-0.2, 0) is 17.4 Å². The molecule has 4 rings (SSSR count). The number of carbonyl (C=O) groups excluding carboxylic acids is 1. The van der Waals surface area contributed by atoms with Crippen LogP contribution in [0.25, 0.3) is 11.0 Å². The molecule has 6 nitrogen and oxygen atoms in total. The number of halogens is 3. The van der Waals surface area contributed by atoms with Crippen LogP contribution in [0.1, 0.15) is 40.0 Å². The van der Waals surface area contributed by atoms with E-state index in [2.05, 4.69) is 20.4 Å². The van der Waals surface area contributed by atoms with Crippen LogP contribution in [-0.4, -0.2) is 21.0 Å². The van der Waals surface area contributed by atoms with Crippen molar-refractivity contribution in [3.8, 4) is 0 Å². The quantitative estimate of drug-likeness (QED) is 0.485. The average molecular weight is 428 g/mol. The number of hydrogen-bond acceptors (Lipinski definition) is 4. The Bertz CT molecular complexity index is 1210. The number of imidazole rings is 1. The summed E-state index contributed by atoms with van der Waals surface area (Å²) in [5, 5.41) is 6.84. The van der Waals surface area contributed by atoms with Gasteiger partial charge in [-0.15, -0.1) is 0 Å². The summed E-state index contributed by atoms with van der Waals surface area (Å²) in [4.78, 5) is 18.7. The van der Waals surface area contributed by atoms with E-state index in [1.54, 1.807) is 26.0 Å². The van der Waals surface area contributed by atoms with Crippen LogP contribution >= 0.6 is 0 Å². The van der Waals surface area contributed by atoms with Gasteiger partial charge in [0.15, 0.2) is 0 Å². The largest absolute Gasteiger partial charge is 0.449 e. The second-order valence-electron chi connectivity index (χ2n) is 7.25. The molecule has 2 N–H and O–H groups in total. The zero-order valence-electron chi connectivity index (χ0n) is 16.7. The van der Waals surface area contributed by atoms with E-state index in [4.69, 9.17) is 4.52 Å². The molecule has 0 saturated carbocycles. The van der Waals surface area contributed by atoms with Crippen molar-refractivity contribution in [2.45, 2.75) is 32.5 Å². The predicted molar refractivity (Wildman–Crippen MR) is 107 cm³/mol. The lowest BCUT2D eigenvalue weighted by atomic mass is 9.97. The molecule has 0 aliphatic heterocycles. The fraction of sp³-hybridized carbons (Fsp3) is 0.227. The van der Waals surface area contributed by atoms with Gasteiger partial charge in [0.05, 0.1) is 29.2 Å². The van der Waals surface area contributed by atoms with Crippen molar-refractivity contribution >= 4 is 16.9 Å². The number of amides is 1. The van der Waals surface area contributed by atoms with E-state index in [0.717, 1.165) is 5.56 Å². The third-order valence-electron chi connectivity index (χ3n) is 5.06. The summed E-state index contributed by atoms with van der Waals surface area (Å²) >= 11 is 0. The number of aromatic nitrogens is 3. The molecule has 0 radical (unpaired) electrons. The number of alkyl halides is 3. The summed E-state index contributed by atoms with van der Waals surface area (Å²) in [6, 6.07) is 13.4. The van der Waals surface area contributed by atoms with Crippen molar-refractivity contribution in [2.75, 3.05) is 0 Å². The molecule has 2 heterocycles. The molecule has 0 bridgehead atoms. The molecule has 0 unspecified atom stereocenters. The Kier molecular flexibility index (Phi) is 5.26. The third-order valence-corrected chi connectivity index (χ3v) is 5.06. The SMILES string of the molecule is Cc1noc(C)c1CC(=O)N[C@H](c1ccccc1)c1ccc2nc(C(F)(F)F)[nH]c2c1. The number of hydrogen-bond donors (Lipinski definition) is 2. The minimum atomic E-state index is -4.57. The first kappa shape index (κ1) is 20.6. The van der Waals surface area contributed by atoms with Crippen molar-refractivity contribution in [1.82, 2.24) is 20.4 Å². The fourth-order valence-corrected chi connectivity index (χ4v) is 3.47. The van der Waals surface area contributed by atoms with Gasteiger partial charge in [-0.1, -0.05) is 41.6 Å². The average Bonchev–Trinajstić information content (AvgIpc) is 3.31. The second kappa shape index (κ2) is 7.90. The van der Waals surface area contributed by atoms with Gasteiger partial charge < -0.3 is 14.8 Å². The van der Waals surface area contributed by atoms with Crippen molar-refractivity contribution in [3.05, 3.63) is 82.5 Å². The smallest absolute Gasteiger partial charge is 0.361 e. The van der Waals surface area contributed by atoms with Crippen LogP contribution in [0.4, 0.5) is 13.2 Å². The highest BCUT2D eigenvalue weighted by molar-refractivity contribution is 5.81. The normalized spacial score (nSPS) is 12.8. The molecule has 0 aliphatic rings. The first-order valence-corrected chi connectivity index (χ1v) is 9.55. The molecule has 4 aromatic rings. The zero-order chi connectivity index (χ0) is 22.2. The summed E-state index contributed by atoms with van der Waals surface area (Å²) in [7, 11) is 0. The highest BCUT2D eigenvalue weighted by Gasteiger charge is 2.34. The number of nitrogens with zero attached hydrogens (tertiary/aromatic N) is 2. The Morgan fingerprint density at radius 3 is 2.52 bits per heavy atom. The number of H-pyrrole nitrogens is 1. The summed E-state index contributed by atoms with van der Waals surface area (Å²) in [6.07, 6.45) is -4.49. The number of aryl methyl sites for hydroxylation is 2. The van der Waals surface area contributed by atoms with Crippen molar-refractivity contribution in [1.29, 1.82) is 0 Å². The van der Waals surface area contributed by atoms with E-state index in [1.807, 2.05) is 30.3 Å². The first-order valence-electron chi connectivity index (χ1n) is 9.55. The number of benzene rings is 2. The summed E-state index contributed by atoms with van der Waals surface area (Å²) < 4.78 is 44.1. The number of carbonyl (C=O) groups is 1. The summed E-state index contributed by atoms with van der Waals surface area (Å²) in [6.45, 7) is 3.50. The molecule has 0 aliphatic carbocycles. The van der Waals surface area contributed by atoms with Crippen molar-refractivity contribution < 1.29 is 22.5 Å². The minimum absolute atomic E-state index is 0.0784. The Balaban J connectivity index is 1.68. The highest BCUT2D eigenvalue weighted by Crippen LogP contribution is 2.30. The Morgan fingerprint density at radius 1 is 1.13 bits per heavy atom. The van der Waals surface area contributed by atoms with Gasteiger partial charge in [0, 0.05) is 5.56 Å². The predicted octanol–water partition coefficient (Wildman–Crippen LogP) is 4.63. The molecule has 0 spiro atoms. The molecular formula is C22H19F3N4O2. The molecule has 2 aromatic heterocycles. The van der Waals surface area contributed by atoms with E-state index in [-0.39, 0.29) is 23.4 Å². The standard InChI is InChI=1S/C22H19F3N4O2/c1-12-16(13(2)31-29-12)11-19(30)28-20(14-6-4-3-5-7-14)15-8-9-17-18(10-15)27-21(26-17)22(23,24)25/h3-10,20H,11H2,1-2H3,(H,26,27)(H,28,30)/t20-/m1/s1. The van der Waals surface area contributed by atoms with E-state index >= 15 is 0 Å². The highest BCUT2D eigenvalue weighted by atomic mass is 19.4. The molecule has 1 amide bonds. The summed E-state index contributed by atoms with van der Waals surface area (Å²) in [5.41, 5.74) is 3.22. The van der Waals surface area contributed by atoms with Gasteiger partial charge in [-0.05, 0) is 37.1 Å². The van der Waals surface area contributed by atoms with E-state index in [9.17, 15) is 18.0 Å². The number of rotatable bonds is 5.